The molecule has 0 radical (unpaired) electrons. The van der Waals surface area contributed by atoms with Gasteiger partial charge in [-0.05, 0) is 37.6 Å². The van der Waals surface area contributed by atoms with Gasteiger partial charge in [-0.15, -0.1) is 0 Å². The summed E-state index contributed by atoms with van der Waals surface area (Å²) in [7, 11) is 0. The van der Waals surface area contributed by atoms with E-state index in [1.807, 2.05) is 6.92 Å². The number of benzene rings is 1. The zero-order valence-electron chi connectivity index (χ0n) is 11.0. The molecule has 1 heterocycles. The summed E-state index contributed by atoms with van der Waals surface area (Å²) in [6, 6.07) is 6.50. The minimum atomic E-state index is -0.236. The molecule has 4 nitrogen and oxygen atoms in total. The predicted molar refractivity (Wildman–Crippen MR) is 71.9 cm³/mol. The summed E-state index contributed by atoms with van der Waals surface area (Å²) >= 11 is 0. The number of hydrogen-bond donors (Lipinski definition) is 1. The van der Waals surface area contributed by atoms with Crippen molar-refractivity contribution in [2.24, 2.45) is 0 Å². The fourth-order valence-electron chi connectivity index (χ4n) is 1.73. The number of aromatic nitrogens is 2. The van der Waals surface area contributed by atoms with Gasteiger partial charge >= 0.3 is 0 Å². The van der Waals surface area contributed by atoms with Crippen LogP contribution in [0.5, 0.6) is 0 Å². The molecule has 19 heavy (non-hydrogen) atoms. The van der Waals surface area contributed by atoms with Crippen LogP contribution >= 0.6 is 0 Å². The predicted octanol–water partition coefficient (Wildman–Crippen LogP) is 2.71. The van der Waals surface area contributed by atoms with Gasteiger partial charge in [-0.2, -0.15) is 0 Å². The van der Waals surface area contributed by atoms with Gasteiger partial charge in [-0.1, -0.05) is 0 Å². The van der Waals surface area contributed by atoms with Gasteiger partial charge in [-0.25, -0.2) is 14.4 Å². The summed E-state index contributed by atoms with van der Waals surface area (Å²) in [4.78, 5) is 8.48. The first-order valence-corrected chi connectivity index (χ1v) is 6.08. The zero-order chi connectivity index (χ0) is 13.8. The van der Waals surface area contributed by atoms with Crippen molar-refractivity contribution in [1.29, 1.82) is 0 Å². The van der Waals surface area contributed by atoms with Crippen LogP contribution < -0.4 is 5.73 Å². The first-order chi connectivity index (χ1) is 9.10. The van der Waals surface area contributed by atoms with Crippen molar-refractivity contribution in [3.05, 3.63) is 41.5 Å². The van der Waals surface area contributed by atoms with Crippen molar-refractivity contribution in [2.75, 3.05) is 12.3 Å². The highest BCUT2D eigenvalue weighted by Crippen LogP contribution is 2.21. The molecule has 2 N–H and O–H groups in total. The van der Waals surface area contributed by atoms with Crippen molar-refractivity contribution in [3.63, 3.8) is 0 Å². The van der Waals surface area contributed by atoms with Gasteiger partial charge < -0.3 is 10.5 Å². The van der Waals surface area contributed by atoms with E-state index < -0.39 is 0 Å². The number of halogens is 1. The number of ether oxygens (including phenoxy) is 1. The van der Waals surface area contributed by atoms with Crippen molar-refractivity contribution in [1.82, 2.24) is 9.97 Å². The van der Waals surface area contributed by atoms with E-state index in [2.05, 4.69) is 9.97 Å². The molecular weight excluding hydrogens is 245 g/mol. The molecule has 5 heteroatoms. The standard InChI is InChI=1S/C14H16FN3O/c1-3-19-8-14-17-12(7-13(16)18-14)10-4-5-11(15)9(2)6-10/h4-7H,3,8H2,1-2H3,(H2,16,17,18). The van der Waals surface area contributed by atoms with E-state index in [9.17, 15) is 4.39 Å². The number of anilines is 1. The van der Waals surface area contributed by atoms with Crippen LogP contribution in [0.2, 0.25) is 0 Å². The third kappa shape index (κ3) is 3.26. The third-order valence-corrected chi connectivity index (χ3v) is 2.68. The third-order valence-electron chi connectivity index (χ3n) is 2.68. The zero-order valence-corrected chi connectivity index (χ0v) is 11.0. The molecule has 0 saturated heterocycles. The molecule has 0 fully saturated rings. The van der Waals surface area contributed by atoms with Crippen LogP contribution in [0.15, 0.2) is 24.3 Å². The SMILES string of the molecule is CCOCc1nc(N)cc(-c2ccc(F)c(C)c2)n1. The highest BCUT2D eigenvalue weighted by atomic mass is 19.1. The molecule has 2 rings (SSSR count). The van der Waals surface area contributed by atoms with Crippen LogP contribution in [0.1, 0.15) is 18.3 Å². The van der Waals surface area contributed by atoms with Crippen LogP contribution in [-0.4, -0.2) is 16.6 Å². The highest BCUT2D eigenvalue weighted by Gasteiger charge is 2.07. The Labute approximate surface area is 111 Å². The van der Waals surface area contributed by atoms with Gasteiger partial charge in [0.2, 0.25) is 0 Å². The van der Waals surface area contributed by atoms with Crippen molar-refractivity contribution < 1.29 is 9.13 Å². The normalized spacial score (nSPS) is 10.7. The molecular formula is C14H16FN3O. The largest absolute Gasteiger partial charge is 0.384 e. The lowest BCUT2D eigenvalue weighted by Crippen LogP contribution is -2.03. The summed E-state index contributed by atoms with van der Waals surface area (Å²) < 4.78 is 18.5. The smallest absolute Gasteiger partial charge is 0.157 e. The summed E-state index contributed by atoms with van der Waals surface area (Å²) in [6.45, 7) is 4.51. The second kappa shape index (κ2) is 5.75. The minimum Gasteiger partial charge on any atom is -0.384 e. The van der Waals surface area contributed by atoms with E-state index in [0.29, 0.717) is 36.1 Å². The molecule has 2 aromatic rings. The average Bonchev–Trinajstić information content (AvgIpc) is 2.39. The Bertz CT molecular complexity index is 587. The molecule has 0 spiro atoms. The van der Waals surface area contributed by atoms with Crippen LogP contribution in [0, 0.1) is 12.7 Å². The lowest BCUT2D eigenvalue weighted by molar-refractivity contribution is 0.128. The lowest BCUT2D eigenvalue weighted by Gasteiger charge is -2.07. The van der Waals surface area contributed by atoms with Gasteiger partial charge in [0.25, 0.3) is 0 Å². The molecule has 0 atom stereocenters. The first kappa shape index (κ1) is 13.4. The van der Waals surface area contributed by atoms with Crippen molar-refractivity contribution >= 4 is 5.82 Å². The maximum absolute atomic E-state index is 13.3. The minimum absolute atomic E-state index is 0.236. The number of aryl methyl sites for hydroxylation is 1. The van der Waals surface area contributed by atoms with E-state index in [4.69, 9.17) is 10.5 Å². The monoisotopic (exact) mass is 261 g/mol. The van der Waals surface area contributed by atoms with Crippen molar-refractivity contribution in [3.8, 4) is 11.3 Å². The summed E-state index contributed by atoms with van der Waals surface area (Å²) in [5, 5.41) is 0. The van der Waals surface area contributed by atoms with Crippen LogP contribution in [0.25, 0.3) is 11.3 Å². The molecule has 0 amide bonds. The van der Waals surface area contributed by atoms with E-state index >= 15 is 0 Å². The Morgan fingerprint density at radius 3 is 2.74 bits per heavy atom. The number of nitrogens with zero attached hydrogens (tertiary/aromatic N) is 2. The molecule has 0 aliphatic rings. The second-order valence-electron chi connectivity index (χ2n) is 4.20. The van der Waals surface area contributed by atoms with E-state index in [1.165, 1.54) is 6.07 Å². The molecule has 0 aliphatic heterocycles. The number of rotatable bonds is 4. The molecule has 0 aliphatic carbocycles. The Hall–Kier alpha value is -2.01. The van der Waals surface area contributed by atoms with Gasteiger partial charge in [-0.3, -0.25) is 0 Å². The van der Waals surface area contributed by atoms with E-state index in [0.717, 1.165) is 5.56 Å². The molecule has 1 aromatic heterocycles. The summed E-state index contributed by atoms with van der Waals surface area (Å²) in [6.07, 6.45) is 0. The fourth-order valence-corrected chi connectivity index (χ4v) is 1.73. The average molecular weight is 261 g/mol. The van der Waals surface area contributed by atoms with Gasteiger partial charge in [0.1, 0.15) is 18.2 Å². The van der Waals surface area contributed by atoms with Gasteiger partial charge in [0.05, 0.1) is 5.69 Å². The molecule has 100 valence electrons. The topological polar surface area (TPSA) is 61.0 Å². The lowest BCUT2D eigenvalue weighted by atomic mass is 10.1. The summed E-state index contributed by atoms with van der Waals surface area (Å²) in [5.74, 6) is 0.667. The number of nitrogen functional groups attached to an aromatic ring is 1. The Kier molecular flexibility index (Phi) is 4.06. The maximum Gasteiger partial charge on any atom is 0.157 e. The molecule has 0 unspecified atom stereocenters. The molecule has 1 aromatic carbocycles. The Balaban J connectivity index is 2.37. The van der Waals surface area contributed by atoms with Gasteiger partial charge in [0.15, 0.2) is 5.82 Å². The van der Waals surface area contributed by atoms with E-state index in [1.54, 1.807) is 25.1 Å². The van der Waals surface area contributed by atoms with Crippen LogP contribution in [0.4, 0.5) is 10.2 Å². The van der Waals surface area contributed by atoms with Crippen molar-refractivity contribution in [2.45, 2.75) is 20.5 Å². The van der Waals surface area contributed by atoms with Crippen LogP contribution in [0.3, 0.4) is 0 Å². The quantitative estimate of drug-likeness (QED) is 0.919. The first-order valence-electron chi connectivity index (χ1n) is 6.08. The second-order valence-corrected chi connectivity index (χ2v) is 4.20. The Morgan fingerprint density at radius 1 is 1.26 bits per heavy atom. The van der Waals surface area contributed by atoms with E-state index in [-0.39, 0.29) is 5.82 Å². The van der Waals surface area contributed by atoms with Gasteiger partial charge in [0, 0.05) is 18.2 Å². The Morgan fingerprint density at radius 2 is 2.05 bits per heavy atom. The number of hydrogen-bond acceptors (Lipinski definition) is 4. The highest BCUT2D eigenvalue weighted by molar-refractivity contribution is 5.62. The summed E-state index contributed by atoms with van der Waals surface area (Å²) in [5.41, 5.74) is 7.81. The fraction of sp³-hybridized carbons (Fsp3) is 0.286. The molecule has 0 saturated carbocycles. The van der Waals surface area contributed by atoms with Crippen LogP contribution in [-0.2, 0) is 11.3 Å². The molecule has 0 bridgehead atoms. The number of nitrogens with two attached hydrogens (primary N) is 1. The maximum atomic E-state index is 13.3.